The van der Waals surface area contributed by atoms with Gasteiger partial charge in [-0.1, -0.05) is 43.3 Å². The highest BCUT2D eigenvalue weighted by molar-refractivity contribution is 5.85. The van der Waals surface area contributed by atoms with Gasteiger partial charge in [0.15, 0.2) is 0 Å². The molecule has 0 radical (unpaired) electrons. The minimum atomic E-state index is 0. The van der Waals surface area contributed by atoms with Gasteiger partial charge >= 0.3 is 0 Å². The van der Waals surface area contributed by atoms with Gasteiger partial charge in [-0.05, 0) is 29.7 Å². The van der Waals surface area contributed by atoms with Gasteiger partial charge in [0, 0.05) is 12.7 Å². The van der Waals surface area contributed by atoms with E-state index in [1.54, 1.807) is 0 Å². The zero-order valence-electron chi connectivity index (χ0n) is 13.5. The maximum absolute atomic E-state index is 9.47. The van der Waals surface area contributed by atoms with Crippen molar-refractivity contribution in [2.45, 2.75) is 19.9 Å². The Morgan fingerprint density at radius 1 is 1.04 bits per heavy atom. The molecule has 2 heterocycles. The number of aromatic nitrogens is 3. The Kier molecular flexibility index (Phi) is 4.60. The van der Waals surface area contributed by atoms with Crippen LogP contribution in [0.1, 0.15) is 12.5 Å². The molecule has 0 amide bonds. The van der Waals surface area contributed by atoms with Crippen LogP contribution >= 0.6 is 12.4 Å². The summed E-state index contributed by atoms with van der Waals surface area (Å²) in [6, 6.07) is 16.7. The summed E-state index contributed by atoms with van der Waals surface area (Å²) in [6.07, 6.45) is 3.15. The van der Waals surface area contributed by atoms with E-state index in [4.69, 9.17) is 4.98 Å². The third-order valence-corrected chi connectivity index (χ3v) is 4.34. The first kappa shape index (κ1) is 16.6. The van der Waals surface area contributed by atoms with Gasteiger partial charge in [-0.2, -0.15) is 0 Å². The normalized spacial score (nSPS) is 11.1. The lowest BCUT2D eigenvalue weighted by Crippen LogP contribution is -2.04. The second-order valence-electron chi connectivity index (χ2n) is 5.71. The second kappa shape index (κ2) is 6.67. The van der Waals surface area contributed by atoms with Gasteiger partial charge in [-0.25, -0.2) is 4.98 Å². The summed E-state index contributed by atoms with van der Waals surface area (Å²) in [4.78, 5) is 4.73. The summed E-state index contributed by atoms with van der Waals surface area (Å²) in [5.74, 6) is 0.870. The molecule has 4 nitrogen and oxygen atoms in total. The number of imidazole rings is 2. The van der Waals surface area contributed by atoms with Crippen LogP contribution in [0, 0.1) is 0 Å². The van der Waals surface area contributed by atoms with E-state index in [0.29, 0.717) is 6.54 Å². The first-order valence-corrected chi connectivity index (χ1v) is 7.98. The number of aliphatic hydroxyl groups excluding tert-OH is 1. The van der Waals surface area contributed by atoms with Crippen LogP contribution in [-0.4, -0.2) is 25.7 Å². The van der Waals surface area contributed by atoms with Gasteiger partial charge in [0.2, 0.25) is 5.78 Å². The summed E-state index contributed by atoms with van der Waals surface area (Å²) >= 11 is 0. The molecule has 2 aromatic carbocycles. The van der Waals surface area contributed by atoms with Crippen molar-refractivity contribution in [3.8, 4) is 11.3 Å². The van der Waals surface area contributed by atoms with Crippen LogP contribution < -0.4 is 0 Å². The van der Waals surface area contributed by atoms with Crippen molar-refractivity contribution in [3.05, 3.63) is 60.3 Å². The molecule has 0 saturated heterocycles. The van der Waals surface area contributed by atoms with Crippen molar-refractivity contribution in [3.63, 3.8) is 0 Å². The molecule has 0 saturated carbocycles. The Labute approximate surface area is 146 Å². The molecule has 0 aliphatic heterocycles. The predicted molar refractivity (Wildman–Crippen MR) is 99.8 cm³/mol. The first-order valence-electron chi connectivity index (χ1n) is 7.98. The number of aliphatic hydroxyl groups is 1. The van der Waals surface area contributed by atoms with Crippen molar-refractivity contribution >= 4 is 29.2 Å². The van der Waals surface area contributed by atoms with Crippen molar-refractivity contribution < 1.29 is 5.11 Å². The predicted octanol–water partition coefficient (Wildman–Crippen LogP) is 3.93. The highest BCUT2D eigenvalue weighted by Crippen LogP contribution is 2.26. The summed E-state index contributed by atoms with van der Waals surface area (Å²) in [6.45, 7) is 2.78. The number of aryl methyl sites for hydroxylation is 1. The first-order chi connectivity index (χ1) is 11.3. The molecule has 0 aliphatic carbocycles. The molecule has 0 bridgehead atoms. The number of para-hydroxylation sites is 2. The summed E-state index contributed by atoms with van der Waals surface area (Å²) < 4.78 is 4.19. The number of fused-ring (bicyclic) bond motifs is 3. The molecule has 0 atom stereocenters. The Morgan fingerprint density at radius 2 is 1.79 bits per heavy atom. The molecule has 0 fully saturated rings. The number of rotatable bonds is 4. The van der Waals surface area contributed by atoms with Gasteiger partial charge < -0.3 is 9.67 Å². The zero-order chi connectivity index (χ0) is 15.8. The van der Waals surface area contributed by atoms with Gasteiger partial charge in [-0.3, -0.25) is 4.40 Å². The number of benzene rings is 2. The lowest BCUT2D eigenvalue weighted by Gasteiger charge is -2.07. The lowest BCUT2D eigenvalue weighted by molar-refractivity contribution is 0.278. The van der Waals surface area contributed by atoms with Crippen molar-refractivity contribution in [2.75, 3.05) is 6.61 Å². The van der Waals surface area contributed by atoms with E-state index in [-0.39, 0.29) is 19.0 Å². The highest BCUT2D eigenvalue weighted by atomic mass is 35.5. The van der Waals surface area contributed by atoms with Crippen LogP contribution in [-0.2, 0) is 13.0 Å². The average Bonchev–Trinajstić information content (AvgIpc) is 3.12. The van der Waals surface area contributed by atoms with Crippen molar-refractivity contribution in [1.29, 1.82) is 0 Å². The zero-order valence-corrected chi connectivity index (χ0v) is 14.3. The van der Waals surface area contributed by atoms with Crippen LogP contribution in [0.2, 0.25) is 0 Å². The number of hydrogen-bond donors (Lipinski definition) is 1. The van der Waals surface area contributed by atoms with E-state index >= 15 is 0 Å². The minimum Gasteiger partial charge on any atom is -0.395 e. The standard InChI is InChI=1S/C19H19N3O.ClH/c1-2-14-7-9-15(10-8-14)18-13-22-17-6-4-3-5-16(17)20-19(22)21(18)11-12-23;/h3-10,13,23H,2,11-12H2,1H3;1H. The molecular weight excluding hydrogens is 322 g/mol. The molecule has 2 aromatic heterocycles. The van der Waals surface area contributed by atoms with Crippen molar-refractivity contribution in [1.82, 2.24) is 14.0 Å². The number of nitrogens with zero attached hydrogens (tertiary/aromatic N) is 3. The van der Waals surface area contributed by atoms with Crippen LogP contribution in [0.3, 0.4) is 0 Å². The third-order valence-electron chi connectivity index (χ3n) is 4.34. The van der Waals surface area contributed by atoms with E-state index in [1.807, 2.05) is 18.2 Å². The van der Waals surface area contributed by atoms with Crippen LogP contribution in [0.5, 0.6) is 0 Å². The molecule has 4 aromatic rings. The quantitative estimate of drug-likeness (QED) is 0.611. The second-order valence-corrected chi connectivity index (χ2v) is 5.71. The number of hydrogen-bond acceptors (Lipinski definition) is 2. The van der Waals surface area contributed by atoms with Gasteiger partial charge in [0.25, 0.3) is 0 Å². The monoisotopic (exact) mass is 341 g/mol. The Hall–Kier alpha value is -2.30. The van der Waals surface area contributed by atoms with E-state index < -0.39 is 0 Å². The maximum Gasteiger partial charge on any atom is 0.215 e. The molecule has 0 unspecified atom stereocenters. The number of halogens is 1. The van der Waals surface area contributed by atoms with Crippen molar-refractivity contribution in [2.24, 2.45) is 0 Å². The fourth-order valence-electron chi connectivity index (χ4n) is 3.11. The van der Waals surface area contributed by atoms with E-state index in [0.717, 1.165) is 34.5 Å². The topological polar surface area (TPSA) is 42.5 Å². The minimum absolute atomic E-state index is 0. The SMILES string of the molecule is CCc1ccc(-c2cn3c4ccccc4nc3n2CCO)cc1.Cl. The summed E-state index contributed by atoms with van der Waals surface area (Å²) in [7, 11) is 0. The van der Waals surface area contributed by atoms with Gasteiger partial charge in [0.1, 0.15) is 0 Å². The van der Waals surface area contributed by atoms with Gasteiger partial charge in [-0.15, -0.1) is 12.4 Å². The maximum atomic E-state index is 9.47. The summed E-state index contributed by atoms with van der Waals surface area (Å²) in [5, 5.41) is 9.47. The fraction of sp³-hybridized carbons (Fsp3) is 0.211. The Morgan fingerprint density at radius 3 is 2.50 bits per heavy atom. The van der Waals surface area contributed by atoms with E-state index in [1.165, 1.54) is 5.56 Å². The van der Waals surface area contributed by atoms with Crippen LogP contribution in [0.4, 0.5) is 0 Å². The molecule has 4 rings (SSSR count). The largest absolute Gasteiger partial charge is 0.395 e. The molecular formula is C19H20ClN3O. The van der Waals surface area contributed by atoms with Crippen LogP contribution in [0.25, 0.3) is 28.1 Å². The smallest absolute Gasteiger partial charge is 0.215 e. The fourth-order valence-corrected chi connectivity index (χ4v) is 3.11. The van der Waals surface area contributed by atoms with Crippen LogP contribution in [0.15, 0.2) is 54.7 Å². The third kappa shape index (κ3) is 2.58. The summed E-state index contributed by atoms with van der Waals surface area (Å²) in [5.41, 5.74) is 5.61. The van der Waals surface area contributed by atoms with Gasteiger partial charge in [0.05, 0.1) is 23.3 Å². The molecule has 0 spiro atoms. The Bertz CT molecular complexity index is 970. The average molecular weight is 342 g/mol. The molecule has 5 heteroatoms. The van der Waals surface area contributed by atoms with E-state index in [9.17, 15) is 5.11 Å². The lowest BCUT2D eigenvalue weighted by atomic mass is 10.1. The molecule has 1 N–H and O–H groups in total. The van der Waals surface area contributed by atoms with E-state index in [2.05, 4.69) is 52.4 Å². The highest BCUT2D eigenvalue weighted by Gasteiger charge is 2.14. The molecule has 24 heavy (non-hydrogen) atoms. The Balaban J connectivity index is 0.00000169. The molecule has 124 valence electrons. The molecule has 0 aliphatic rings.